The number of nitro groups is 1. The van der Waals surface area contributed by atoms with Gasteiger partial charge in [-0.3, -0.25) is 19.7 Å². The number of anilines is 1. The van der Waals surface area contributed by atoms with Crippen molar-refractivity contribution in [1.82, 2.24) is 14.8 Å². The summed E-state index contributed by atoms with van der Waals surface area (Å²) >= 11 is 1.56. The van der Waals surface area contributed by atoms with Crippen LogP contribution in [0, 0.1) is 17.0 Å². The van der Waals surface area contributed by atoms with Gasteiger partial charge in [-0.25, -0.2) is 9.67 Å². The monoisotopic (exact) mass is 473 g/mol. The van der Waals surface area contributed by atoms with Crippen molar-refractivity contribution in [3.05, 3.63) is 116 Å². The molecule has 1 N–H and O–H groups in total. The van der Waals surface area contributed by atoms with E-state index in [9.17, 15) is 19.7 Å². The quantitative estimate of drug-likeness (QED) is 0.240. The van der Waals surface area contributed by atoms with Gasteiger partial charge in [0.25, 0.3) is 11.6 Å². The fourth-order valence-corrected chi connectivity index (χ4v) is 4.07. The van der Waals surface area contributed by atoms with Crippen molar-refractivity contribution in [3.8, 4) is 5.69 Å². The van der Waals surface area contributed by atoms with E-state index in [4.69, 9.17) is 0 Å². The molecule has 170 valence electrons. The molecular weight excluding hydrogens is 454 g/mol. The average Bonchev–Trinajstić information content (AvgIpc) is 2.83. The predicted molar refractivity (Wildman–Crippen MR) is 129 cm³/mol. The van der Waals surface area contributed by atoms with Crippen molar-refractivity contribution in [3.63, 3.8) is 0 Å². The molecule has 0 saturated carbocycles. The van der Waals surface area contributed by atoms with E-state index < -0.39 is 16.3 Å². The third kappa shape index (κ3) is 5.18. The standard InChI is InChI=1S/C24H19N5O4S/c1-16-13-21(30)23(27-28(16)19-9-2-3-10-20(19)29(32)33)24(31)26-18-8-6-7-17(14-18)15-34-22-11-4-5-12-25-22/h2-14H,15H2,1H3,(H,26,31). The normalized spacial score (nSPS) is 10.6. The molecule has 0 unspecified atom stereocenters. The van der Waals surface area contributed by atoms with E-state index in [1.165, 1.54) is 28.9 Å². The van der Waals surface area contributed by atoms with Crippen LogP contribution in [0.5, 0.6) is 0 Å². The van der Waals surface area contributed by atoms with E-state index in [0.717, 1.165) is 10.6 Å². The molecule has 0 bridgehead atoms. The van der Waals surface area contributed by atoms with Gasteiger partial charge in [-0.2, -0.15) is 5.10 Å². The number of benzene rings is 2. The van der Waals surface area contributed by atoms with Gasteiger partial charge < -0.3 is 5.32 Å². The molecule has 2 heterocycles. The van der Waals surface area contributed by atoms with Crippen molar-refractivity contribution in [2.24, 2.45) is 0 Å². The molecule has 0 aliphatic heterocycles. The summed E-state index contributed by atoms with van der Waals surface area (Å²) in [6, 6.07) is 20.2. The molecule has 1 amide bonds. The number of thioether (sulfide) groups is 1. The summed E-state index contributed by atoms with van der Waals surface area (Å²) in [5, 5.41) is 19.2. The highest BCUT2D eigenvalue weighted by atomic mass is 32.2. The van der Waals surface area contributed by atoms with Crippen molar-refractivity contribution in [2.75, 3.05) is 5.32 Å². The van der Waals surface area contributed by atoms with Crippen LogP contribution in [0.1, 0.15) is 21.7 Å². The molecule has 4 rings (SSSR count). The Morgan fingerprint density at radius 3 is 2.65 bits per heavy atom. The van der Waals surface area contributed by atoms with Crippen LogP contribution in [0.2, 0.25) is 0 Å². The van der Waals surface area contributed by atoms with Crippen LogP contribution in [0.15, 0.2) is 88.8 Å². The minimum absolute atomic E-state index is 0.160. The highest BCUT2D eigenvalue weighted by Gasteiger charge is 2.20. The number of hydrogen-bond acceptors (Lipinski definition) is 7. The smallest absolute Gasteiger partial charge is 0.294 e. The number of nitro benzene ring substituents is 1. The molecule has 2 aromatic heterocycles. The summed E-state index contributed by atoms with van der Waals surface area (Å²) < 4.78 is 1.23. The SMILES string of the molecule is Cc1cc(=O)c(C(=O)Nc2cccc(CSc3ccccn3)c2)nn1-c1ccccc1[N+](=O)[O-]. The van der Waals surface area contributed by atoms with Crippen molar-refractivity contribution >= 4 is 29.0 Å². The number of hydrogen-bond donors (Lipinski definition) is 1. The zero-order valence-electron chi connectivity index (χ0n) is 18.0. The lowest BCUT2D eigenvalue weighted by molar-refractivity contribution is -0.384. The Morgan fingerprint density at radius 1 is 1.09 bits per heavy atom. The van der Waals surface area contributed by atoms with Crippen LogP contribution in [0.25, 0.3) is 5.69 Å². The van der Waals surface area contributed by atoms with Crippen LogP contribution in [-0.4, -0.2) is 25.6 Å². The molecule has 0 saturated heterocycles. The van der Waals surface area contributed by atoms with E-state index >= 15 is 0 Å². The first kappa shape index (κ1) is 22.9. The van der Waals surface area contributed by atoms with Crippen LogP contribution in [0.3, 0.4) is 0 Å². The third-order valence-corrected chi connectivity index (χ3v) is 5.85. The number of pyridine rings is 1. The molecule has 4 aromatic rings. The molecule has 0 fully saturated rings. The number of carbonyl (C=O) groups is 1. The lowest BCUT2D eigenvalue weighted by Gasteiger charge is -2.12. The predicted octanol–water partition coefficient (Wildman–Crippen LogP) is 4.39. The number of carbonyl (C=O) groups excluding carboxylic acids is 1. The van der Waals surface area contributed by atoms with E-state index in [-0.39, 0.29) is 17.1 Å². The van der Waals surface area contributed by atoms with Gasteiger partial charge in [0.05, 0.1) is 9.95 Å². The maximum atomic E-state index is 12.9. The Hall–Kier alpha value is -4.31. The summed E-state index contributed by atoms with van der Waals surface area (Å²) in [5.41, 5.74) is 0.859. The van der Waals surface area contributed by atoms with E-state index in [2.05, 4.69) is 15.4 Å². The molecule has 0 atom stereocenters. The second-order valence-electron chi connectivity index (χ2n) is 7.27. The maximum Gasteiger partial charge on any atom is 0.294 e. The van der Waals surface area contributed by atoms with Gasteiger partial charge in [0.1, 0.15) is 5.69 Å². The second-order valence-corrected chi connectivity index (χ2v) is 8.26. The highest BCUT2D eigenvalue weighted by Crippen LogP contribution is 2.23. The zero-order chi connectivity index (χ0) is 24.1. The summed E-state index contributed by atoms with van der Waals surface area (Å²) in [6.45, 7) is 1.59. The summed E-state index contributed by atoms with van der Waals surface area (Å²) in [6.07, 6.45) is 1.73. The number of nitrogens with one attached hydrogen (secondary N) is 1. The molecule has 0 spiro atoms. The Morgan fingerprint density at radius 2 is 1.88 bits per heavy atom. The molecule has 2 aromatic carbocycles. The van der Waals surface area contributed by atoms with E-state index in [1.807, 2.05) is 30.3 Å². The minimum atomic E-state index is -0.702. The first-order valence-corrected chi connectivity index (χ1v) is 11.2. The van der Waals surface area contributed by atoms with Crippen LogP contribution >= 0.6 is 11.8 Å². The summed E-state index contributed by atoms with van der Waals surface area (Å²) in [4.78, 5) is 40.6. The van der Waals surface area contributed by atoms with Gasteiger partial charge in [0.15, 0.2) is 5.69 Å². The van der Waals surface area contributed by atoms with Gasteiger partial charge in [-0.1, -0.05) is 30.3 Å². The zero-order valence-corrected chi connectivity index (χ0v) is 18.9. The molecule has 34 heavy (non-hydrogen) atoms. The molecule has 9 nitrogen and oxygen atoms in total. The number of nitrogens with zero attached hydrogens (tertiary/aromatic N) is 4. The first-order valence-electron chi connectivity index (χ1n) is 10.2. The van der Waals surface area contributed by atoms with Crippen molar-refractivity contribution in [1.29, 1.82) is 0 Å². The average molecular weight is 474 g/mol. The fourth-order valence-electron chi connectivity index (χ4n) is 3.27. The highest BCUT2D eigenvalue weighted by molar-refractivity contribution is 7.98. The van der Waals surface area contributed by atoms with Gasteiger partial charge >= 0.3 is 0 Å². The van der Waals surface area contributed by atoms with Crippen LogP contribution in [-0.2, 0) is 5.75 Å². The number of rotatable bonds is 7. The van der Waals surface area contributed by atoms with Crippen LogP contribution in [0.4, 0.5) is 11.4 Å². The van der Waals surface area contributed by atoms with Crippen LogP contribution < -0.4 is 10.7 Å². The first-order chi connectivity index (χ1) is 16.4. The van der Waals surface area contributed by atoms with Gasteiger partial charge in [0, 0.05) is 35.5 Å². The van der Waals surface area contributed by atoms with Crippen molar-refractivity contribution in [2.45, 2.75) is 17.7 Å². The molecule has 0 aliphatic rings. The molecular formula is C24H19N5O4S. The van der Waals surface area contributed by atoms with Gasteiger partial charge in [0.2, 0.25) is 5.43 Å². The Kier molecular flexibility index (Phi) is 6.79. The molecule has 0 radical (unpaired) electrons. The fraction of sp³-hybridized carbons (Fsp3) is 0.0833. The molecule has 0 aliphatic carbocycles. The minimum Gasteiger partial charge on any atom is -0.320 e. The third-order valence-electron chi connectivity index (χ3n) is 4.84. The maximum absolute atomic E-state index is 12.9. The summed E-state index contributed by atoms with van der Waals surface area (Å²) in [5.74, 6) is -0.0552. The van der Waals surface area contributed by atoms with Gasteiger partial charge in [-0.15, -0.1) is 11.8 Å². The number of amides is 1. The Balaban J connectivity index is 1.58. The van der Waals surface area contributed by atoms with E-state index in [0.29, 0.717) is 17.1 Å². The Bertz CT molecular complexity index is 1420. The Labute approximate surface area is 198 Å². The number of aromatic nitrogens is 3. The molecule has 10 heteroatoms. The topological polar surface area (TPSA) is 120 Å². The largest absolute Gasteiger partial charge is 0.320 e. The second kappa shape index (κ2) is 10.1. The lowest BCUT2D eigenvalue weighted by Crippen LogP contribution is -2.27. The van der Waals surface area contributed by atoms with Crippen molar-refractivity contribution < 1.29 is 9.72 Å². The van der Waals surface area contributed by atoms with E-state index in [1.54, 1.807) is 43.1 Å². The number of aryl methyl sites for hydroxylation is 1. The number of para-hydroxylation sites is 2. The lowest BCUT2D eigenvalue weighted by atomic mass is 10.2. The van der Waals surface area contributed by atoms with Gasteiger partial charge in [-0.05, 0) is 42.8 Å². The summed E-state index contributed by atoms with van der Waals surface area (Å²) in [7, 11) is 0.